The molecule has 1 N–H and O–H groups in total. The topological polar surface area (TPSA) is 77.3 Å². The fourth-order valence-electron chi connectivity index (χ4n) is 1.75. The smallest absolute Gasteiger partial charge is 0.266 e. The Bertz CT molecular complexity index is 605. The van der Waals surface area contributed by atoms with Crippen LogP contribution in [0, 0.1) is 6.92 Å². The van der Waals surface area contributed by atoms with Crippen LogP contribution in [0.4, 0.5) is 5.82 Å². The number of nitrogens with one attached hydrogen (secondary N) is 1. The van der Waals surface area contributed by atoms with Gasteiger partial charge in [-0.1, -0.05) is 31.1 Å². The molecule has 6 heteroatoms. The number of hydrogen-bond acceptors (Lipinski definition) is 5. The molecule has 0 fully saturated rings. The van der Waals surface area contributed by atoms with Crippen LogP contribution in [-0.4, -0.2) is 22.3 Å². The molecule has 2 rings (SSSR count). The van der Waals surface area contributed by atoms with Crippen LogP contribution >= 0.6 is 0 Å². The van der Waals surface area contributed by atoms with E-state index >= 15 is 0 Å². The van der Waals surface area contributed by atoms with Crippen molar-refractivity contribution in [1.82, 2.24) is 10.3 Å². The average molecular weight is 289 g/mol. The summed E-state index contributed by atoms with van der Waals surface area (Å²) in [4.78, 5) is 12.0. The van der Waals surface area contributed by atoms with Gasteiger partial charge in [0.05, 0.1) is 0 Å². The Labute approximate surface area is 123 Å². The summed E-state index contributed by atoms with van der Waals surface area (Å²) in [5.74, 6) is 1.12. The summed E-state index contributed by atoms with van der Waals surface area (Å²) in [7, 11) is 0. The molecule has 1 aromatic carbocycles. The number of carbonyl (C=O) groups excluding carboxylic acids is 1. The number of anilines is 1. The number of ether oxygens (including phenoxy) is 1. The highest BCUT2D eigenvalue weighted by molar-refractivity contribution is 5.93. The third-order valence-electron chi connectivity index (χ3n) is 3.12. The van der Waals surface area contributed by atoms with Crippen LogP contribution in [0.2, 0.25) is 0 Å². The maximum Gasteiger partial charge on any atom is 0.266 e. The summed E-state index contributed by atoms with van der Waals surface area (Å²) in [6.45, 7) is 7.62. The molecule has 1 amide bonds. The molecule has 0 aliphatic rings. The molecule has 0 unspecified atom stereocenters. The zero-order chi connectivity index (χ0) is 15.4. The van der Waals surface area contributed by atoms with E-state index in [9.17, 15) is 4.79 Å². The molecule has 0 saturated carbocycles. The molecule has 2 aromatic rings. The van der Waals surface area contributed by atoms with Gasteiger partial charge >= 0.3 is 0 Å². The number of amides is 1. The van der Waals surface area contributed by atoms with Gasteiger partial charge in [0.1, 0.15) is 11.4 Å². The first-order chi connectivity index (χ1) is 9.97. The first-order valence-corrected chi connectivity index (χ1v) is 6.84. The van der Waals surface area contributed by atoms with E-state index in [1.54, 1.807) is 13.8 Å². The number of rotatable bonds is 5. The molecular formula is C15H19N3O3. The van der Waals surface area contributed by atoms with E-state index < -0.39 is 6.10 Å². The summed E-state index contributed by atoms with van der Waals surface area (Å²) in [6, 6.07) is 7.72. The Morgan fingerprint density at radius 3 is 2.38 bits per heavy atom. The largest absolute Gasteiger partial charge is 0.481 e. The zero-order valence-corrected chi connectivity index (χ0v) is 12.6. The number of hydrogen-bond donors (Lipinski definition) is 1. The van der Waals surface area contributed by atoms with Gasteiger partial charge in [-0.05, 0) is 42.6 Å². The summed E-state index contributed by atoms with van der Waals surface area (Å²) in [5, 5.41) is 9.81. The lowest BCUT2D eigenvalue weighted by molar-refractivity contribution is -0.122. The lowest BCUT2D eigenvalue weighted by Crippen LogP contribution is -2.30. The van der Waals surface area contributed by atoms with Crippen LogP contribution in [0.15, 0.2) is 28.9 Å². The Balaban J connectivity index is 1.95. The number of nitrogens with zero attached hydrogens (tertiary/aromatic N) is 2. The molecule has 6 nitrogen and oxygen atoms in total. The predicted molar refractivity (Wildman–Crippen MR) is 78.3 cm³/mol. The number of aromatic nitrogens is 2. The third-order valence-corrected chi connectivity index (χ3v) is 3.12. The SMILES string of the molecule is Cc1nonc1NC(=O)[C@H](C)Oc1ccc(C(C)C)cc1. The van der Waals surface area contributed by atoms with Gasteiger partial charge in [-0.2, -0.15) is 0 Å². The second kappa shape index (κ2) is 6.39. The second-order valence-corrected chi connectivity index (χ2v) is 5.17. The van der Waals surface area contributed by atoms with Gasteiger partial charge in [-0.3, -0.25) is 4.79 Å². The van der Waals surface area contributed by atoms with Crippen molar-refractivity contribution >= 4 is 11.7 Å². The minimum Gasteiger partial charge on any atom is -0.481 e. The summed E-state index contributed by atoms with van der Waals surface area (Å²) in [5.41, 5.74) is 1.75. The lowest BCUT2D eigenvalue weighted by atomic mass is 10.0. The second-order valence-electron chi connectivity index (χ2n) is 5.17. The molecule has 0 saturated heterocycles. The Morgan fingerprint density at radius 2 is 1.86 bits per heavy atom. The first kappa shape index (κ1) is 15.0. The fraction of sp³-hybridized carbons (Fsp3) is 0.400. The van der Waals surface area contributed by atoms with Gasteiger partial charge in [-0.15, -0.1) is 0 Å². The van der Waals surface area contributed by atoms with Gasteiger partial charge < -0.3 is 10.1 Å². The molecular weight excluding hydrogens is 270 g/mol. The maximum absolute atomic E-state index is 12.0. The zero-order valence-electron chi connectivity index (χ0n) is 12.6. The van der Waals surface area contributed by atoms with Crippen molar-refractivity contribution in [2.45, 2.75) is 39.7 Å². The highest BCUT2D eigenvalue weighted by atomic mass is 16.6. The van der Waals surface area contributed by atoms with Gasteiger partial charge in [0.15, 0.2) is 11.9 Å². The van der Waals surface area contributed by atoms with Crippen molar-refractivity contribution in [2.24, 2.45) is 0 Å². The van der Waals surface area contributed by atoms with Crippen LogP contribution in [0.1, 0.15) is 37.9 Å². The summed E-state index contributed by atoms with van der Waals surface area (Å²) >= 11 is 0. The van der Waals surface area contributed by atoms with Crippen molar-refractivity contribution in [3.05, 3.63) is 35.5 Å². The fourth-order valence-corrected chi connectivity index (χ4v) is 1.75. The Kier molecular flexibility index (Phi) is 4.57. The molecule has 0 radical (unpaired) electrons. The lowest BCUT2D eigenvalue weighted by Gasteiger charge is -2.14. The minimum absolute atomic E-state index is 0.304. The van der Waals surface area contributed by atoms with Crippen LogP contribution in [0.3, 0.4) is 0 Å². The molecule has 0 bridgehead atoms. The summed E-state index contributed by atoms with van der Waals surface area (Å²) < 4.78 is 10.1. The highest BCUT2D eigenvalue weighted by Gasteiger charge is 2.17. The normalized spacial score (nSPS) is 12.2. The van der Waals surface area contributed by atoms with E-state index in [2.05, 4.69) is 34.1 Å². The number of carbonyl (C=O) groups is 1. The van der Waals surface area contributed by atoms with E-state index in [0.29, 0.717) is 23.2 Å². The molecule has 1 heterocycles. The predicted octanol–water partition coefficient (Wildman–Crippen LogP) is 2.91. The summed E-state index contributed by atoms with van der Waals surface area (Å²) in [6.07, 6.45) is -0.647. The molecule has 21 heavy (non-hydrogen) atoms. The highest BCUT2D eigenvalue weighted by Crippen LogP contribution is 2.19. The molecule has 0 aliphatic heterocycles. The molecule has 112 valence electrons. The van der Waals surface area contributed by atoms with Crippen LogP contribution < -0.4 is 10.1 Å². The first-order valence-electron chi connectivity index (χ1n) is 6.84. The standard InChI is InChI=1S/C15H19N3O3/c1-9(2)12-5-7-13(8-6-12)20-11(4)15(19)16-14-10(3)17-21-18-14/h5-9,11H,1-4H3,(H,16,18,19)/t11-/m0/s1. The van der Waals surface area contributed by atoms with Crippen molar-refractivity contribution < 1.29 is 14.2 Å². The number of aryl methyl sites for hydroxylation is 1. The molecule has 0 spiro atoms. The van der Waals surface area contributed by atoms with Crippen LogP contribution in [0.25, 0.3) is 0 Å². The van der Waals surface area contributed by atoms with Crippen molar-refractivity contribution in [1.29, 1.82) is 0 Å². The van der Waals surface area contributed by atoms with E-state index in [1.807, 2.05) is 24.3 Å². The Morgan fingerprint density at radius 1 is 1.19 bits per heavy atom. The van der Waals surface area contributed by atoms with Gasteiger partial charge in [0.2, 0.25) is 0 Å². The van der Waals surface area contributed by atoms with Gasteiger partial charge in [0.25, 0.3) is 5.91 Å². The minimum atomic E-state index is -0.647. The van der Waals surface area contributed by atoms with E-state index in [0.717, 1.165) is 0 Å². The van der Waals surface area contributed by atoms with E-state index in [4.69, 9.17) is 4.74 Å². The molecule has 1 atom stereocenters. The molecule has 1 aromatic heterocycles. The average Bonchev–Trinajstić information content (AvgIpc) is 2.84. The molecule has 0 aliphatic carbocycles. The monoisotopic (exact) mass is 289 g/mol. The van der Waals surface area contributed by atoms with E-state index in [-0.39, 0.29) is 5.91 Å². The van der Waals surface area contributed by atoms with E-state index in [1.165, 1.54) is 5.56 Å². The number of benzene rings is 1. The van der Waals surface area contributed by atoms with Crippen LogP contribution in [0.5, 0.6) is 5.75 Å². The van der Waals surface area contributed by atoms with Crippen LogP contribution in [-0.2, 0) is 4.79 Å². The van der Waals surface area contributed by atoms with Crippen molar-refractivity contribution in [3.63, 3.8) is 0 Å². The van der Waals surface area contributed by atoms with Gasteiger partial charge in [0, 0.05) is 0 Å². The maximum atomic E-state index is 12.0. The van der Waals surface area contributed by atoms with Crippen molar-refractivity contribution in [3.8, 4) is 5.75 Å². The quantitative estimate of drug-likeness (QED) is 0.915. The third kappa shape index (κ3) is 3.81. The Hall–Kier alpha value is -2.37. The van der Waals surface area contributed by atoms with Gasteiger partial charge in [-0.25, -0.2) is 4.63 Å². The van der Waals surface area contributed by atoms with Crippen molar-refractivity contribution in [2.75, 3.05) is 5.32 Å².